The van der Waals surface area contributed by atoms with Crippen LogP contribution in [0.25, 0.3) is 0 Å². The van der Waals surface area contributed by atoms with Crippen molar-refractivity contribution in [3.63, 3.8) is 0 Å². The molecule has 1 N–H and O–H groups in total. The van der Waals surface area contributed by atoms with Gasteiger partial charge in [-0.05, 0) is 38.6 Å². The SMILES string of the molecule is CCC(CC)CC(NC)C1CCCCO1. The summed E-state index contributed by atoms with van der Waals surface area (Å²) in [4.78, 5) is 0. The minimum Gasteiger partial charge on any atom is -0.377 e. The van der Waals surface area contributed by atoms with Crippen molar-refractivity contribution in [3.8, 4) is 0 Å². The zero-order valence-electron chi connectivity index (χ0n) is 10.6. The Kier molecular flexibility index (Phi) is 6.26. The van der Waals surface area contributed by atoms with Gasteiger partial charge in [-0.25, -0.2) is 0 Å². The number of nitrogens with one attached hydrogen (secondary N) is 1. The fourth-order valence-corrected chi connectivity index (χ4v) is 2.52. The highest BCUT2D eigenvalue weighted by Crippen LogP contribution is 2.22. The Morgan fingerprint density at radius 2 is 2.00 bits per heavy atom. The van der Waals surface area contributed by atoms with Crippen LogP contribution in [0.2, 0.25) is 0 Å². The molecule has 0 radical (unpaired) electrons. The topological polar surface area (TPSA) is 21.3 Å². The third kappa shape index (κ3) is 4.12. The van der Waals surface area contributed by atoms with E-state index in [1.54, 1.807) is 0 Å². The van der Waals surface area contributed by atoms with E-state index < -0.39 is 0 Å². The zero-order chi connectivity index (χ0) is 11.1. The molecular weight excluding hydrogens is 186 g/mol. The van der Waals surface area contributed by atoms with Gasteiger partial charge in [0.2, 0.25) is 0 Å². The van der Waals surface area contributed by atoms with E-state index in [4.69, 9.17) is 4.74 Å². The van der Waals surface area contributed by atoms with Gasteiger partial charge < -0.3 is 10.1 Å². The van der Waals surface area contributed by atoms with E-state index in [1.807, 2.05) is 0 Å². The summed E-state index contributed by atoms with van der Waals surface area (Å²) in [5.74, 6) is 0.855. The van der Waals surface area contributed by atoms with E-state index in [0.29, 0.717) is 12.1 Å². The zero-order valence-corrected chi connectivity index (χ0v) is 10.6. The Hall–Kier alpha value is -0.0800. The lowest BCUT2D eigenvalue weighted by molar-refractivity contribution is -0.0112. The summed E-state index contributed by atoms with van der Waals surface area (Å²) in [6.45, 7) is 5.55. The molecule has 2 heteroatoms. The van der Waals surface area contributed by atoms with Gasteiger partial charge in [0, 0.05) is 12.6 Å². The van der Waals surface area contributed by atoms with Gasteiger partial charge in [0.15, 0.2) is 0 Å². The predicted molar refractivity (Wildman–Crippen MR) is 65.1 cm³/mol. The molecule has 2 nitrogen and oxygen atoms in total. The highest BCUT2D eigenvalue weighted by atomic mass is 16.5. The van der Waals surface area contributed by atoms with Crippen molar-refractivity contribution in [2.45, 2.75) is 64.5 Å². The van der Waals surface area contributed by atoms with Crippen LogP contribution in [0.5, 0.6) is 0 Å². The smallest absolute Gasteiger partial charge is 0.0728 e. The van der Waals surface area contributed by atoms with Crippen LogP contribution in [0, 0.1) is 5.92 Å². The third-order valence-corrected chi connectivity index (χ3v) is 3.78. The molecule has 2 atom stereocenters. The maximum absolute atomic E-state index is 5.86. The number of likely N-dealkylation sites (N-methyl/N-ethyl adjacent to an activating group) is 1. The molecule has 0 bridgehead atoms. The molecule has 90 valence electrons. The summed E-state index contributed by atoms with van der Waals surface area (Å²) >= 11 is 0. The molecule has 0 aromatic carbocycles. The molecule has 15 heavy (non-hydrogen) atoms. The standard InChI is InChI=1S/C13H27NO/c1-4-11(5-2)10-12(14-3)13-8-6-7-9-15-13/h11-14H,4-10H2,1-3H3. The molecule has 0 aliphatic carbocycles. The average Bonchev–Trinajstić information content (AvgIpc) is 2.32. The van der Waals surface area contributed by atoms with Crippen LogP contribution in [0.1, 0.15) is 52.4 Å². The van der Waals surface area contributed by atoms with Crippen LogP contribution in [0.15, 0.2) is 0 Å². The predicted octanol–water partition coefficient (Wildman–Crippen LogP) is 2.97. The van der Waals surface area contributed by atoms with E-state index in [9.17, 15) is 0 Å². The fourth-order valence-electron chi connectivity index (χ4n) is 2.52. The van der Waals surface area contributed by atoms with Gasteiger partial charge in [0.1, 0.15) is 0 Å². The monoisotopic (exact) mass is 213 g/mol. The van der Waals surface area contributed by atoms with Gasteiger partial charge in [0.05, 0.1) is 6.10 Å². The van der Waals surface area contributed by atoms with Crippen LogP contribution >= 0.6 is 0 Å². The molecule has 0 aromatic rings. The second kappa shape index (κ2) is 7.24. The van der Waals surface area contributed by atoms with Crippen molar-refractivity contribution in [1.82, 2.24) is 5.32 Å². The minimum atomic E-state index is 0.462. The quantitative estimate of drug-likeness (QED) is 0.732. The van der Waals surface area contributed by atoms with Crippen LogP contribution in [0.3, 0.4) is 0 Å². The van der Waals surface area contributed by atoms with Gasteiger partial charge >= 0.3 is 0 Å². The molecule has 0 aromatic heterocycles. The summed E-state index contributed by atoms with van der Waals surface area (Å²) < 4.78 is 5.86. The number of ether oxygens (including phenoxy) is 1. The van der Waals surface area contributed by atoms with Crippen molar-refractivity contribution in [3.05, 3.63) is 0 Å². The van der Waals surface area contributed by atoms with E-state index in [2.05, 4.69) is 26.2 Å². The Morgan fingerprint density at radius 3 is 2.47 bits per heavy atom. The van der Waals surface area contributed by atoms with Crippen molar-refractivity contribution in [2.75, 3.05) is 13.7 Å². The van der Waals surface area contributed by atoms with Gasteiger partial charge in [-0.3, -0.25) is 0 Å². The van der Waals surface area contributed by atoms with E-state index in [0.717, 1.165) is 12.5 Å². The number of hydrogen-bond donors (Lipinski definition) is 1. The van der Waals surface area contributed by atoms with Gasteiger partial charge in [0.25, 0.3) is 0 Å². The van der Waals surface area contributed by atoms with Crippen LogP contribution in [-0.2, 0) is 4.74 Å². The first-order valence-electron chi connectivity index (χ1n) is 6.60. The largest absolute Gasteiger partial charge is 0.377 e. The Bertz CT molecular complexity index is 151. The lowest BCUT2D eigenvalue weighted by atomic mass is 9.90. The number of rotatable bonds is 6. The lowest BCUT2D eigenvalue weighted by Gasteiger charge is -2.32. The average molecular weight is 213 g/mol. The Morgan fingerprint density at radius 1 is 1.27 bits per heavy atom. The summed E-state index contributed by atoms with van der Waals surface area (Å²) in [7, 11) is 2.07. The number of hydrogen-bond acceptors (Lipinski definition) is 2. The molecule has 1 aliphatic heterocycles. The molecule has 1 aliphatic rings. The summed E-state index contributed by atoms with van der Waals surface area (Å²) in [6.07, 6.45) is 8.15. The summed E-state index contributed by atoms with van der Waals surface area (Å²) in [5, 5.41) is 3.45. The van der Waals surface area contributed by atoms with Crippen LogP contribution in [0.4, 0.5) is 0 Å². The molecular formula is C13H27NO. The van der Waals surface area contributed by atoms with Crippen molar-refractivity contribution < 1.29 is 4.74 Å². The molecule has 1 rings (SSSR count). The van der Waals surface area contributed by atoms with Crippen molar-refractivity contribution in [1.29, 1.82) is 0 Å². The molecule has 0 saturated carbocycles. The highest BCUT2D eigenvalue weighted by molar-refractivity contribution is 4.80. The lowest BCUT2D eigenvalue weighted by Crippen LogP contribution is -2.42. The molecule has 1 fully saturated rings. The minimum absolute atomic E-state index is 0.462. The molecule has 2 unspecified atom stereocenters. The molecule has 1 saturated heterocycles. The Labute approximate surface area is 94.8 Å². The normalized spacial score (nSPS) is 24.4. The Balaban J connectivity index is 2.38. The maximum Gasteiger partial charge on any atom is 0.0728 e. The fraction of sp³-hybridized carbons (Fsp3) is 1.00. The van der Waals surface area contributed by atoms with Gasteiger partial charge in [-0.2, -0.15) is 0 Å². The summed E-state index contributed by atoms with van der Waals surface area (Å²) in [6, 6.07) is 0.565. The van der Waals surface area contributed by atoms with E-state index in [1.165, 1.54) is 38.5 Å². The molecule has 1 heterocycles. The second-order valence-electron chi connectivity index (χ2n) is 4.72. The molecule has 0 amide bonds. The first-order chi connectivity index (χ1) is 7.31. The molecule has 0 spiro atoms. The second-order valence-corrected chi connectivity index (χ2v) is 4.72. The van der Waals surface area contributed by atoms with Crippen molar-refractivity contribution >= 4 is 0 Å². The first kappa shape index (κ1) is 13.0. The summed E-state index contributed by atoms with van der Waals surface area (Å²) in [5.41, 5.74) is 0. The van der Waals surface area contributed by atoms with Crippen molar-refractivity contribution in [2.24, 2.45) is 5.92 Å². The third-order valence-electron chi connectivity index (χ3n) is 3.78. The van der Waals surface area contributed by atoms with E-state index in [-0.39, 0.29) is 0 Å². The van der Waals surface area contributed by atoms with Crippen LogP contribution < -0.4 is 5.32 Å². The van der Waals surface area contributed by atoms with Crippen LogP contribution in [-0.4, -0.2) is 25.8 Å². The first-order valence-corrected chi connectivity index (χ1v) is 6.60. The van der Waals surface area contributed by atoms with E-state index >= 15 is 0 Å². The highest BCUT2D eigenvalue weighted by Gasteiger charge is 2.24. The van der Waals surface area contributed by atoms with Gasteiger partial charge in [-0.15, -0.1) is 0 Å². The maximum atomic E-state index is 5.86. The van der Waals surface area contributed by atoms with Gasteiger partial charge in [-0.1, -0.05) is 26.7 Å².